The van der Waals surface area contributed by atoms with Gasteiger partial charge < -0.3 is 15.7 Å². The topological polar surface area (TPSA) is 78.4 Å². The minimum atomic E-state index is -5.26. The Hall–Kier alpha value is -2.16. The Bertz CT molecular complexity index is 602. The maximum absolute atomic E-state index is 13.2. The van der Waals surface area contributed by atoms with Crippen molar-refractivity contribution in [3.63, 3.8) is 0 Å². The summed E-state index contributed by atoms with van der Waals surface area (Å²) in [6, 6.07) is 1.50. The van der Waals surface area contributed by atoms with E-state index in [1.54, 1.807) is 0 Å². The molecular weight excluding hydrogens is 308 g/mol. The van der Waals surface area contributed by atoms with Crippen molar-refractivity contribution < 1.29 is 32.3 Å². The first-order valence-electron chi connectivity index (χ1n) is 6.20. The number of alkyl halides is 3. The Morgan fingerprint density at radius 1 is 1.27 bits per heavy atom. The third kappa shape index (κ3) is 2.63. The van der Waals surface area contributed by atoms with Crippen molar-refractivity contribution >= 4 is 11.8 Å². The monoisotopic (exact) mass is 320 g/mol. The molecule has 0 aromatic heterocycles. The summed E-state index contributed by atoms with van der Waals surface area (Å²) in [6.45, 7) is 0.872. The van der Waals surface area contributed by atoms with Crippen LogP contribution in [0.15, 0.2) is 24.3 Å². The van der Waals surface area contributed by atoms with Crippen molar-refractivity contribution in [2.75, 3.05) is 0 Å². The van der Waals surface area contributed by atoms with Crippen LogP contribution >= 0.6 is 0 Å². The van der Waals surface area contributed by atoms with E-state index >= 15 is 0 Å². The molecule has 2 amide bonds. The lowest BCUT2D eigenvalue weighted by Crippen LogP contribution is -2.72. The largest absolute Gasteiger partial charge is 0.437 e. The summed E-state index contributed by atoms with van der Waals surface area (Å²) in [5, 5.41) is 13.4. The van der Waals surface area contributed by atoms with Crippen LogP contribution in [0.5, 0.6) is 0 Å². The number of nitrogens with one attached hydrogen (secondary N) is 2. The van der Waals surface area contributed by atoms with Crippen LogP contribution in [-0.2, 0) is 4.79 Å². The smallest absolute Gasteiger partial charge is 0.363 e. The molecule has 0 radical (unpaired) electrons. The summed E-state index contributed by atoms with van der Waals surface area (Å²) in [5.41, 5.74) is -3.64. The van der Waals surface area contributed by atoms with E-state index < -0.39 is 41.5 Å². The molecule has 1 aromatic carbocycles. The highest BCUT2D eigenvalue weighted by atomic mass is 19.4. The zero-order valence-corrected chi connectivity index (χ0v) is 11.2. The van der Waals surface area contributed by atoms with Crippen molar-refractivity contribution in [3.8, 4) is 0 Å². The molecule has 2 rings (SSSR count). The highest BCUT2D eigenvalue weighted by Gasteiger charge is 2.65. The normalized spacial score (nSPS) is 28.7. The first kappa shape index (κ1) is 16.2. The number of ketones is 1. The summed E-state index contributed by atoms with van der Waals surface area (Å²) in [6.07, 6.45) is -5.26. The number of hydrogen-bond acceptors (Lipinski definition) is 3. The van der Waals surface area contributed by atoms with Gasteiger partial charge in [0.15, 0.2) is 0 Å². The summed E-state index contributed by atoms with van der Waals surface area (Å²) in [5.74, 6) is -3.63. The van der Waals surface area contributed by atoms with E-state index in [1.807, 2.05) is 0 Å². The van der Waals surface area contributed by atoms with Gasteiger partial charge in [-0.15, -0.1) is 0 Å². The van der Waals surface area contributed by atoms with Crippen LogP contribution in [0.2, 0.25) is 0 Å². The fraction of sp³-hybridized carbons (Fsp3) is 0.385. The van der Waals surface area contributed by atoms with Crippen LogP contribution in [0, 0.1) is 11.7 Å². The second-order valence-corrected chi connectivity index (χ2v) is 4.98. The number of hydrogen-bond donors (Lipinski definition) is 3. The van der Waals surface area contributed by atoms with E-state index in [1.165, 1.54) is 5.32 Å². The van der Waals surface area contributed by atoms with Gasteiger partial charge in [0.05, 0.1) is 12.0 Å². The van der Waals surface area contributed by atoms with Gasteiger partial charge in [-0.25, -0.2) is 9.18 Å². The van der Waals surface area contributed by atoms with E-state index in [9.17, 15) is 32.3 Å². The molecule has 1 aromatic rings. The standard InChI is InChI=1S/C13H12F4N2O3/c1-6(20)9-10(7-2-4-8(14)5-3-7)18-11(21)19-12(9,22)13(15,16)17/h2-5,9-10,22H,1H3,(H2,18,19,21)/t9-,10+,12+/m1/s1. The number of urea groups is 1. The third-order valence-electron chi connectivity index (χ3n) is 3.47. The van der Waals surface area contributed by atoms with Crippen molar-refractivity contribution in [2.24, 2.45) is 5.92 Å². The molecule has 22 heavy (non-hydrogen) atoms. The van der Waals surface area contributed by atoms with E-state index in [0.29, 0.717) is 0 Å². The second-order valence-electron chi connectivity index (χ2n) is 4.98. The van der Waals surface area contributed by atoms with Crippen molar-refractivity contribution in [2.45, 2.75) is 24.9 Å². The second kappa shape index (κ2) is 5.24. The molecule has 120 valence electrons. The summed E-state index contributed by atoms with van der Waals surface area (Å²) in [4.78, 5) is 23.2. The summed E-state index contributed by atoms with van der Waals surface area (Å²) in [7, 11) is 0. The molecule has 0 unspecified atom stereocenters. The lowest BCUT2D eigenvalue weighted by atomic mass is 9.79. The van der Waals surface area contributed by atoms with Crippen LogP contribution in [0.1, 0.15) is 18.5 Å². The van der Waals surface area contributed by atoms with Crippen molar-refractivity contribution in [3.05, 3.63) is 35.6 Å². The quantitative estimate of drug-likeness (QED) is 0.725. The van der Waals surface area contributed by atoms with Crippen LogP contribution in [0.3, 0.4) is 0 Å². The number of aliphatic hydroxyl groups is 1. The van der Waals surface area contributed by atoms with Gasteiger partial charge >= 0.3 is 12.2 Å². The van der Waals surface area contributed by atoms with Gasteiger partial charge in [0.2, 0.25) is 5.72 Å². The predicted molar refractivity (Wildman–Crippen MR) is 66.0 cm³/mol. The van der Waals surface area contributed by atoms with Gasteiger partial charge in [0.25, 0.3) is 0 Å². The zero-order valence-electron chi connectivity index (χ0n) is 11.2. The first-order chi connectivity index (χ1) is 10.1. The SMILES string of the molecule is CC(=O)[C@@H]1[C@H](c2ccc(F)cc2)NC(=O)N[C@@]1(O)C(F)(F)F. The Morgan fingerprint density at radius 3 is 2.27 bits per heavy atom. The maximum Gasteiger partial charge on any atom is 0.437 e. The molecule has 1 fully saturated rings. The average Bonchev–Trinajstić information content (AvgIpc) is 2.36. The highest BCUT2D eigenvalue weighted by molar-refractivity contribution is 5.86. The van der Waals surface area contributed by atoms with E-state index in [-0.39, 0.29) is 5.56 Å². The summed E-state index contributed by atoms with van der Waals surface area (Å²) < 4.78 is 52.4. The molecule has 3 atom stereocenters. The number of benzene rings is 1. The molecule has 9 heteroatoms. The minimum Gasteiger partial charge on any atom is -0.363 e. The molecule has 5 nitrogen and oxygen atoms in total. The van der Waals surface area contributed by atoms with Crippen LogP contribution in [0.25, 0.3) is 0 Å². The Labute approximate surface area is 122 Å². The number of carbonyl (C=O) groups is 2. The Morgan fingerprint density at radius 2 is 1.82 bits per heavy atom. The van der Waals surface area contributed by atoms with Gasteiger partial charge in [-0.1, -0.05) is 12.1 Å². The molecule has 3 N–H and O–H groups in total. The molecule has 1 heterocycles. The van der Waals surface area contributed by atoms with Gasteiger partial charge in [0.1, 0.15) is 11.6 Å². The molecule has 0 bridgehead atoms. The van der Waals surface area contributed by atoms with E-state index in [4.69, 9.17) is 0 Å². The van der Waals surface area contributed by atoms with Gasteiger partial charge in [-0.3, -0.25) is 4.79 Å². The van der Waals surface area contributed by atoms with Crippen LogP contribution in [0.4, 0.5) is 22.4 Å². The zero-order chi connectivity index (χ0) is 16.7. The minimum absolute atomic E-state index is 0.0686. The molecule has 1 aliphatic heterocycles. The number of Topliss-reactive ketones (excluding diaryl/α,β-unsaturated/α-hetero) is 1. The van der Waals surface area contributed by atoms with E-state index in [2.05, 4.69) is 5.32 Å². The number of rotatable bonds is 2. The Balaban J connectivity index is 2.54. The first-order valence-corrected chi connectivity index (χ1v) is 6.20. The maximum atomic E-state index is 13.2. The lowest BCUT2D eigenvalue weighted by Gasteiger charge is -2.44. The van der Waals surface area contributed by atoms with Crippen LogP contribution < -0.4 is 10.6 Å². The van der Waals surface area contributed by atoms with E-state index in [0.717, 1.165) is 31.2 Å². The molecule has 0 saturated carbocycles. The van der Waals surface area contributed by atoms with Crippen molar-refractivity contribution in [1.29, 1.82) is 0 Å². The van der Waals surface area contributed by atoms with Crippen molar-refractivity contribution in [1.82, 2.24) is 10.6 Å². The predicted octanol–water partition coefficient (Wildman–Crippen LogP) is 1.64. The van der Waals surface area contributed by atoms with Gasteiger partial charge in [-0.2, -0.15) is 13.2 Å². The number of amides is 2. The molecular formula is C13H12F4N2O3. The molecule has 0 spiro atoms. The highest BCUT2D eigenvalue weighted by Crippen LogP contribution is 2.42. The van der Waals surface area contributed by atoms with Gasteiger partial charge in [-0.05, 0) is 24.6 Å². The fourth-order valence-corrected chi connectivity index (χ4v) is 2.47. The van der Waals surface area contributed by atoms with Crippen LogP contribution in [-0.4, -0.2) is 28.8 Å². The van der Waals surface area contributed by atoms with Gasteiger partial charge in [0, 0.05) is 0 Å². The third-order valence-corrected chi connectivity index (χ3v) is 3.47. The number of carbonyl (C=O) groups excluding carboxylic acids is 2. The molecule has 1 saturated heterocycles. The average molecular weight is 320 g/mol. The fourth-order valence-electron chi connectivity index (χ4n) is 2.47. The summed E-state index contributed by atoms with van der Waals surface area (Å²) >= 11 is 0. The lowest BCUT2D eigenvalue weighted by molar-refractivity contribution is -0.290. The number of halogens is 4. The Kier molecular flexibility index (Phi) is 3.86. The molecule has 1 aliphatic rings. The molecule has 0 aliphatic carbocycles.